The number of ether oxygens (including phenoxy) is 3. The summed E-state index contributed by atoms with van der Waals surface area (Å²) in [6, 6.07) is 7.09. The smallest absolute Gasteiger partial charge is 0.310 e. The first-order valence-corrected chi connectivity index (χ1v) is 8.64. The van der Waals surface area contributed by atoms with Gasteiger partial charge < -0.3 is 24.0 Å². The molecule has 0 N–H and O–H groups in total. The van der Waals surface area contributed by atoms with E-state index in [2.05, 4.69) is 4.90 Å². The Morgan fingerprint density at radius 1 is 1.12 bits per heavy atom. The predicted octanol–water partition coefficient (Wildman–Crippen LogP) is 1.66. The zero-order chi connectivity index (χ0) is 19.5. The fourth-order valence-corrected chi connectivity index (χ4v) is 2.43. The van der Waals surface area contributed by atoms with Crippen molar-refractivity contribution in [2.45, 2.75) is 13.3 Å². The number of methoxy groups -OCH3 is 2. The van der Waals surface area contributed by atoms with Gasteiger partial charge in [0.2, 0.25) is 0 Å². The average Bonchev–Trinajstić information content (AvgIpc) is 2.64. The molecule has 1 aromatic carbocycles. The standard InChI is InChI=1S/C19H30N2O5/c1-15(19(23)25-5)13-21(11-7-10-20(2)3)18(22)14-26-17-9-6-8-16(12-17)24-4/h6,8-9,12,15H,7,10-11,13-14H2,1-5H3. The van der Waals surface area contributed by atoms with Gasteiger partial charge >= 0.3 is 5.97 Å². The van der Waals surface area contributed by atoms with Crippen molar-refractivity contribution in [2.75, 3.05) is 54.6 Å². The molecular weight excluding hydrogens is 336 g/mol. The molecule has 0 aliphatic rings. The Bertz CT molecular complexity index is 577. The molecule has 0 aliphatic carbocycles. The lowest BCUT2D eigenvalue weighted by molar-refractivity contribution is -0.146. The van der Waals surface area contributed by atoms with Crippen LogP contribution in [0.25, 0.3) is 0 Å². The van der Waals surface area contributed by atoms with E-state index in [0.29, 0.717) is 24.6 Å². The second kappa shape index (κ2) is 11.4. The van der Waals surface area contributed by atoms with Crippen LogP contribution in [0.3, 0.4) is 0 Å². The van der Waals surface area contributed by atoms with Gasteiger partial charge in [0.25, 0.3) is 5.91 Å². The van der Waals surface area contributed by atoms with E-state index in [1.54, 1.807) is 43.2 Å². The van der Waals surface area contributed by atoms with Gasteiger partial charge in [-0.15, -0.1) is 0 Å². The van der Waals surface area contributed by atoms with Gasteiger partial charge in [-0.05, 0) is 39.2 Å². The topological polar surface area (TPSA) is 68.3 Å². The van der Waals surface area contributed by atoms with E-state index in [4.69, 9.17) is 14.2 Å². The highest BCUT2D eigenvalue weighted by atomic mass is 16.5. The van der Waals surface area contributed by atoms with Crippen LogP contribution in [-0.4, -0.2) is 76.2 Å². The van der Waals surface area contributed by atoms with E-state index >= 15 is 0 Å². The van der Waals surface area contributed by atoms with E-state index in [-0.39, 0.29) is 24.4 Å². The Morgan fingerprint density at radius 2 is 1.81 bits per heavy atom. The maximum absolute atomic E-state index is 12.6. The molecule has 7 heteroatoms. The van der Waals surface area contributed by atoms with Crippen LogP contribution < -0.4 is 9.47 Å². The highest BCUT2D eigenvalue weighted by molar-refractivity contribution is 5.79. The molecule has 0 saturated heterocycles. The van der Waals surface area contributed by atoms with Crippen LogP contribution in [0.4, 0.5) is 0 Å². The van der Waals surface area contributed by atoms with Gasteiger partial charge in [-0.2, -0.15) is 0 Å². The molecule has 1 aromatic rings. The van der Waals surface area contributed by atoms with Gasteiger partial charge in [0.1, 0.15) is 11.5 Å². The molecule has 0 fully saturated rings. The van der Waals surface area contributed by atoms with Crippen molar-refractivity contribution in [3.63, 3.8) is 0 Å². The summed E-state index contributed by atoms with van der Waals surface area (Å²) in [5.74, 6) is 0.343. The van der Waals surface area contributed by atoms with Crippen molar-refractivity contribution in [2.24, 2.45) is 5.92 Å². The maximum Gasteiger partial charge on any atom is 0.310 e. The van der Waals surface area contributed by atoms with Crippen LogP contribution in [0.15, 0.2) is 24.3 Å². The number of nitrogens with zero attached hydrogens (tertiary/aromatic N) is 2. The summed E-state index contributed by atoms with van der Waals surface area (Å²) in [4.78, 5) is 28.0. The summed E-state index contributed by atoms with van der Waals surface area (Å²) in [6.07, 6.45) is 0.811. The minimum Gasteiger partial charge on any atom is -0.497 e. The number of rotatable bonds is 11. The number of amides is 1. The third kappa shape index (κ3) is 7.74. The van der Waals surface area contributed by atoms with Gasteiger partial charge in [0, 0.05) is 19.2 Å². The molecule has 146 valence electrons. The Labute approximate surface area is 155 Å². The van der Waals surface area contributed by atoms with E-state index in [1.165, 1.54) is 7.11 Å². The molecule has 0 aromatic heterocycles. The van der Waals surface area contributed by atoms with Crippen molar-refractivity contribution in [3.05, 3.63) is 24.3 Å². The maximum atomic E-state index is 12.6. The van der Waals surface area contributed by atoms with Gasteiger partial charge in [-0.25, -0.2) is 0 Å². The highest BCUT2D eigenvalue weighted by Crippen LogP contribution is 2.19. The molecule has 1 atom stereocenters. The lowest BCUT2D eigenvalue weighted by Crippen LogP contribution is -2.41. The molecule has 0 aliphatic heterocycles. The van der Waals surface area contributed by atoms with Crippen molar-refractivity contribution >= 4 is 11.9 Å². The summed E-state index contributed by atoms with van der Waals surface area (Å²) in [5, 5.41) is 0. The second-order valence-corrected chi connectivity index (χ2v) is 6.39. The predicted molar refractivity (Wildman–Crippen MR) is 99.4 cm³/mol. The minimum absolute atomic E-state index is 0.0942. The second-order valence-electron chi connectivity index (χ2n) is 6.39. The summed E-state index contributed by atoms with van der Waals surface area (Å²) >= 11 is 0. The SMILES string of the molecule is COC(=O)C(C)CN(CCCN(C)C)C(=O)COc1cccc(OC)c1. The van der Waals surface area contributed by atoms with Crippen LogP contribution in [0.5, 0.6) is 11.5 Å². The summed E-state index contributed by atoms with van der Waals surface area (Å²) < 4.78 is 15.5. The van der Waals surface area contributed by atoms with Crippen molar-refractivity contribution in [1.29, 1.82) is 0 Å². The Kier molecular flexibility index (Phi) is 9.51. The average molecular weight is 366 g/mol. The number of carbonyl (C=O) groups is 2. The molecule has 1 amide bonds. The molecule has 0 heterocycles. The van der Waals surface area contributed by atoms with E-state index < -0.39 is 0 Å². The van der Waals surface area contributed by atoms with Crippen molar-refractivity contribution in [3.8, 4) is 11.5 Å². The number of benzene rings is 1. The molecule has 7 nitrogen and oxygen atoms in total. The molecule has 1 unspecified atom stereocenters. The van der Waals surface area contributed by atoms with Gasteiger partial charge in [0.15, 0.2) is 6.61 Å². The quantitative estimate of drug-likeness (QED) is 0.555. The number of esters is 1. The van der Waals surface area contributed by atoms with Crippen LogP contribution in [-0.2, 0) is 14.3 Å². The fourth-order valence-electron chi connectivity index (χ4n) is 2.43. The largest absolute Gasteiger partial charge is 0.497 e. The number of carbonyl (C=O) groups excluding carboxylic acids is 2. The Balaban J connectivity index is 2.67. The first kappa shape index (κ1) is 21.8. The molecule has 0 spiro atoms. The normalized spacial score (nSPS) is 11.8. The first-order valence-electron chi connectivity index (χ1n) is 8.64. The Morgan fingerprint density at radius 3 is 2.42 bits per heavy atom. The first-order chi connectivity index (χ1) is 12.4. The zero-order valence-corrected chi connectivity index (χ0v) is 16.4. The number of hydrogen-bond acceptors (Lipinski definition) is 6. The van der Waals surface area contributed by atoms with Gasteiger partial charge in [-0.3, -0.25) is 9.59 Å². The van der Waals surface area contributed by atoms with Gasteiger partial charge in [-0.1, -0.05) is 13.0 Å². The summed E-state index contributed by atoms with van der Waals surface area (Å²) in [7, 11) is 6.89. The van der Waals surface area contributed by atoms with E-state index in [0.717, 1.165) is 13.0 Å². The van der Waals surface area contributed by atoms with Crippen molar-refractivity contribution < 1.29 is 23.8 Å². The number of hydrogen-bond donors (Lipinski definition) is 0. The Hall–Kier alpha value is -2.28. The molecular formula is C19H30N2O5. The monoisotopic (exact) mass is 366 g/mol. The highest BCUT2D eigenvalue weighted by Gasteiger charge is 2.21. The van der Waals surface area contributed by atoms with Crippen LogP contribution in [0, 0.1) is 5.92 Å². The minimum atomic E-state index is -0.389. The van der Waals surface area contributed by atoms with E-state index in [9.17, 15) is 9.59 Å². The lowest BCUT2D eigenvalue weighted by Gasteiger charge is -2.25. The molecule has 0 bridgehead atoms. The lowest BCUT2D eigenvalue weighted by atomic mass is 10.1. The van der Waals surface area contributed by atoms with Crippen LogP contribution >= 0.6 is 0 Å². The molecule has 0 radical (unpaired) electrons. The summed E-state index contributed by atoms with van der Waals surface area (Å²) in [5.41, 5.74) is 0. The zero-order valence-electron chi connectivity index (χ0n) is 16.4. The molecule has 0 saturated carbocycles. The van der Waals surface area contributed by atoms with Crippen molar-refractivity contribution in [1.82, 2.24) is 9.80 Å². The third-order valence-corrected chi connectivity index (χ3v) is 3.89. The summed E-state index contributed by atoms with van der Waals surface area (Å²) in [6.45, 7) is 3.37. The molecule has 1 rings (SSSR count). The fraction of sp³-hybridized carbons (Fsp3) is 0.579. The van der Waals surface area contributed by atoms with E-state index in [1.807, 2.05) is 14.1 Å². The third-order valence-electron chi connectivity index (χ3n) is 3.89. The molecule has 26 heavy (non-hydrogen) atoms. The van der Waals surface area contributed by atoms with Crippen LogP contribution in [0.1, 0.15) is 13.3 Å². The van der Waals surface area contributed by atoms with Gasteiger partial charge in [0.05, 0.1) is 20.1 Å². The van der Waals surface area contributed by atoms with Crippen LogP contribution in [0.2, 0.25) is 0 Å².